The maximum atomic E-state index is 3.71. The Bertz CT molecular complexity index is 236. The standard InChI is InChI=1S/C16H32N2/c1-16(2,3)17-13-15-11-8-12-18(15)14-9-6-4-5-7-10-14/h14-15,17H,4-13H2,1-3H3. The van der Waals surface area contributed by atoms with Gasteiger partial charge >= 0.3 is 0 Å². The SMILES string of the molecule is CC(C)(C)NCC1CCCN1C1CCCCCC1. The zero-order valence-electron chi connectivity index (χ0n) is 12.7. The van der Waals surface area contributed by atoms with E-state index in [2.05, 4.69) is 31.0 Å². The van der Waals surface area contributed by atoms with Crippen molar-refractivity contribution in [1.29, 1.82) is 0 Å². The molecule has 2 rings (SSSR count). The minimum atomic E-state index is 0.262. The van der Waals surface area contributed by atoms with Crippen LogP contribution in [0.5, 0.6) is 0 Å². The fourth-order valence-corrected chi connectivity index (χ4v) is 3.57. The molecule has 0 spiro atoms. The Hall–Kier alpha value is -0.0800. The summed E-state index contributed by atoms with van der Waals surface area (Å²) in [6, 6.07) is 1.69. The Morgan fingerprint density at radius 1 is 0.944 bits per heavy atom. The van der Waals surface area contributed by atoms with Crippen LogP contribution in [0.2, 0.25) is 0 Å². The van der Waals surface area contributed by atoms with Crippen molar-refractivity contribution >= 4 is 0 Å². The molecular weight excluding hydrogens is 220 g/mol. The van der Waals surface area contributed by atoms with E-state index in [0.29, 0.717) is 0 Å². The minimum Gasteiger partial charge on any atom is -0.311 e. The first-order chi connectivity index (χ1) is 8.56. The van der Waals surface area contributed by atoms with E-state index in [-0.39, 0.29) is 5.54 Å². The Kier molecular flexibility index (Phi) is 5.08. The molecule has 2 heteroatoms. The lowest BCUT2D eigenvalue weighted by molar-refractivity contribution is 0.154. The van der Waals surface area contributed by atoms with E-state index in [1.807, 2.05) is 0 Å². The van der Waals surface area contributed by atoms with Gasteiger partial charge in [-0.25, -0.2) is 0 Å². The molecule has 106 valence electrons. The Labute approximate surface area is 114 Å². The largest absolute Gasteiger partial charge is 0.311 e. The van der Waals surface area contributed by atoms with Gasteiger partial charge in [-0.05, 0) is 53.0 Å². The van der Waals surface area contributed by atoms with Gasteiger partial charge in [0.05, 0.1) is 0 Å². The third-order valence-electron chi connectivity index (χ3n) is 4.58. The first kappa shape index (κ1) is 14.3. The Morgan fingerprint density at radius 3 is 2.22 bits per heavy atom. The van der Waals surface area contributed by atoms with E-state index >= 15 is 0 Å². The van der Waals surface area contributed by atoms with Crippen LogP contribution in [-0.2, 0) is 0 Å². The predicted molar refractivity (Wildman–Crippen MR) is 79.0 cm³/mol. The third-order valence-corrected chi connectivity index (χ3v) is 4.58. The van der Waals surface area contributed by atoms with Crippen LogP contribution in [0.3, 0.4) is 0 Å². The average molecular weight is 252 g/mol. The maximum absolute atomic E-state index is 3.71. The van der Waals surface area contributed by atoms with Crippen molar-refractivity contribution < 1.29 is 0 Å². The molecule has 1 aliphatic carbocycles. The number of hydrogen-bond donors (Lipinski definition) is 1. The van der Waals surface area contributed by atoms with E-state index in [1.165, 1.54) is 64.5 Å². The van der Waals surface area contributed by atoms with Crippen molar-refractivity contribution in [3.05, 3.63) is 0 Å². The highest BCUT2D eigenvalue weighted by atomic mass is 15.2. The first-order valence-electron chi connectivity index (χ1n) is 8.07. The molecule has 0 aromatic heterocycles. The lowest BCUT2D eigenvalue weighted by atomic mass is 10.0. The molecule has 0 bridgehead atoms. The highest BCUT2D eigenvalue weighted by molar-refractivity contribution is 4.88. The molecule has 0 aromatic carbocycles. The van der Waals surface area contributed by atoms with Gasteiger partial charge < -0.3 is 5.32 Å². The minimum absolute atomic E-state index is 0.262. The molecule has 2 fully saturated rings. The summed E-state index contributed by atoms with van der Waals surface area (Å²) in [5.41, 5.74) is 0.262. The summed E-state index contributed by atoms with van der Waals surface area (Å²) in [4.78, 5) is 2.84. The molecule has 1 heterocycles. The molecule has 0 amide bonds. The van der Waals surface area contributed by atoms with E-state index in [0.717, 1.165) is 12.1 Å². The molecule has 1 N–H and O–H groups in total. The molecule has 1 saturated heterocycles. The van der Waals surface area contributed by atoms with Crippen LogP contribution in [0.1, 0.15) is 72.1 Å². The molecular formula is C16H32N2. The number of rotatable bonds is 3. The van der Waals surface area contributed by atoms with Gasteiger partial charge in [0.1, 0.15) is 0 Å². The van der Waals surface area contributed by atoms with E-state index in [4.69, 9.17) is 0 Å². The van der Waals surface area contributed by atoms with E-state index in [9.17, 15) is 0 Å². The summed E-state index contributed by atoms with van der Waals surface area (Å²) in [5.74, 6) is 0. The van der Waals surface area contributed by atoms with Crippen molar-refractivity contribution in [2.24, 2.45) is 0 Å². The number of likely N-dealkylation sites (tertiary alicyclic amines) is 1. The second-order valence-corrected chi connectivity index (χ2v) is 7.31. The van der Waals surface area contributed by atoms with Crippen LogP contribution >= 0.6 is 0 Å². The van der Waals surface area contributed by atoms with Crippen molar-refractivity contribution in [3.8, 4) is 0 Å². The number of hydrogen-bond acceptors (Lipinski definition) is 2. The summed E-state index contributed by atoms with van der Waals surface area (Å²) in [7, 11) is 0. The predicted octanol–water partition coefficient (Wildman–Crippen LogP) is 3.56. The Morgan fingerprint density at radius 2 is 1.61 bits per heavy atom. The molecule has 2 aliphatic rings. The normalized spacial score (nSPS) is 28.5. The number of nitrogens with one attached hydrogen (secondary N) is 1. The fraction of sp³-hybridized carbons (Fsp3) is 1.00. The van der Waals surface area contributed by atoms with Crippen LogP contribution in [0.4, 0.5) is 0 Å². The third kappa shape index (κ3) is 4.24. The van der Waals surface area contributed by atoms with Crippen molar-refractivity contribution in [3.63, 3.8) is 0 Å². The molecule has 1 aliphatic heterocycles. The molecule has 18 heavy (non-hydrogen) atoms. The van der Waals surface area contributed by atoms with Gasteiger partial charge in [-0.15, -0.1) is 0 Å². The average Bonchev–Trinajstić information content (AvgIpc) is 2.59. The van der Waals surface area contributed by atoms with Crippen molar-refractivity contribution in [2.45, 2.75) is 89.8 Å². The molecule has 1 atom stereocenters. The molecule has 0 radical (unpaired) electrons. The Balaban J connectivity index is 1.85. The van der Waals surface area contributed by atoms with Crippen molar-refractivity contribution in [2.75, 3.05) is 13.1 Å². The summed E-state index contributed by atoms with van der Waals surface area (Å²) < 4.78 is 0. The van der Waals surface area contributed by atoms with E-state index < -0.39 is 0 Å². The zero-order valence-corrected chi connectivity index (χ0v) is 12.7. The second kappa shape index (κ2) is 6.38. The van der Waals surface area contributed by atoms with Gasteiger partial charge in [-0.1, -0.05) is 25.7 Å². The van der Waals surface area contributed by atoms with Crippen molar-refractivity contribution in [1.82, 2.24) is 10.2 Å². The van der Waals surface area contributed by atoms with Gasteiger partial charge in [0, 0.05) is 24.2 Å². The first-order valence-corrected chi connectivity index (χ1v) is 8.07. The summed E-state index contributed by atoms with van der Waals surface area (Å²) in [5, 5.41) is 3.71. The molecule has 0 aromatic rings. The molecule has 1 saturated carbocycles. The lowest BCUT2D eigenvalue weighted by Crippen LogP contribution is -2.48. The van der Waals surface area contributed by atoms with Crippen LogP contribution in [0.25, 0.3) is 0 Å². The van der Waals surface area contributed by atoms with Gasteiger partial charge in [-0.2, -0.15) is 0 Å². The van der Waals surface area contributed by atoms with E-state index in [1.54, 1.807) is 0 Å². The topological polar surface area (TPSA) is 15.3 Å². The van der Waals surface area contributed by atoms with Crippen LogP contribution in [0, 0.1) is 0 Å². The van der Waals surface area contributed by atoms with Gasteiger partial charge in [0.25, 0.3) is 0 Å². The maximum Gasteiger partial charge on any atom is 0.0224 e. The van der Waals surface area contributed by atoms with Crippen LogP contribution in [-0.4, -0.2) is 35.6 Å². The smallest absolute Gasteiger partial charge is 0.0224 e. The molecule has 2 nitrogen and oxygen atoms in total. The lowest BCUT2D eigenvalue weighted by Gasteiger charge is -2.34. The second-order valence-electron chi connectivity index (χ2n) is 7.31. The monoisotopic (exact) mass is 252 g/mol. The summed E-state index contributed by atoms with van der Waals surface area (Å²) in [6.07, 6.45) is 11.6. The summed E-state index contributed by atoms with van der Waals surface area (Å²) >= 11 is 0. The highest BCUT2D eigenvalue weighted by Crippen LogP contribution is 2.28. The zero-order chi connectivity index (χ0) is 13.0. The van der Waals surface area contributed by atoms with Gasteiger partial charge in [0.2, 0.25) is 0 Å². The summed E-state index contributed by atoms with van der Waals surface area (Å²) in [6.45, 7) is 9.36. The molecule has 1 unspecified atom stereocenters. The number of nitrogens with zero attached hydrogens (tertiary/aromatic N) is 1. The highest BCUT2D eigenvalue weighted by Gasteiger charge is 2.31. The quantitative estimate of drug-likeness (QED) is 0.773. The fourth-order valence-electron chi connectivity index (χ4n) is 3.57. The van der Waals surface area contributed by atoms with Gasteiger partial charge in [0.15, 0.2) is 0 Å². The van der Waals surface area contributed by atoms with Crippen LogP contribution in [0.15, 0.2) is 0 Å². The van der Waals surface area contributed by atoms with Gasteiger partial charge in [-0.3, -0.25) is 4.90 Å². The van der Waals surface area contributed by atoms with Crippen LogP contribution < -0.4 is 5.32 Å².